The smallest absolute Gasteiger partial charge is 0.269 e. The van der Waals surface area contributed by atoms with Crippen molar-refractivity contribution in [2.75, 3.05) is 13.7 Å². The lowest BCUT2D eigenvalue weighted by Gasteiger charge is -2.13. The van der Waals surface area contributed by atoms with Gasteiger partial charge in [0.2, 0.25) is 5.91 Å². The van der Waals surface area contributed by atoms with Gasteiger partial charge in [0.25, 0.3) is 5.91 Å². The molecule has 0 radical (unpaired) electrons. The van der Waals surface area contributed by atoms with Gasteiger partial charge in [-0.15, -0.1) is 0 Å². The first-order chi connectivity index (χ1) is 13.9. The number of ether oxygens (including phenoxy) is 2. The molecular weight excluding hydrogens is 392 g/mol. The molecule has 29 heavy (non-hydrogen) atoms. The van der Waals surface area contributed by atoms with E-state index < -0.39 is 5.91 Å². The third-order valence-corrected chi connectivity index (χ3v) is 4.50. The Morgan fingerprint density at radius 2 is 1.76 bits per heavy atom. The Hall–Kier alpha value is -2.73. The first-order valence-corrected chi connectivity index (χ1v) is 9.91. The Kier molecular flexibility index (Phi) is 8.80. The van der Waals surface area contributed by atoms with Crippen LogP contribution in [0.5, 0.6) is 11.5 Å². The number of aryl methyl sites for hydroxylation is 1. The number of methoxy groups -OCH3 is 1. The third kappa shape index (κ3) is 7.66. The number of nitrogens with one attached hydrogen (secondary N) is 2. The molecule has 0 aliphatic heterocycles. The Bertz CT molecular complexity index is 822. The Balaban J connectivity index is 1.84. The highest BCUT2D eigenvalue weighted by Crippen LogP contribution is 2.28. The second-order valence-electron chi connectivity index (χ2n) is 7.03. The van der Waals surface area contributed by atoms with E-state index in [1.54, 1.807) is 30.3 Å². The van der Waals surface area contributed by atoms with Crippen LogP contribution >= 0.6 is 11.6 Å². The zero-order valence-corrected chi connectivity index (χ0v) is 17.7. The molecule has 0 atom stereocenters. The summed E-state index contributed by atoms with van der Waals surface area (Å²) >= 11 is 5.84. The second-order valence-corrected chi connectivity index (χ2v) is 7.46. The predicted octanol–water partition coefficient (Wildman–Crippen LogP) is 4.17. The van der Waals surface area contributed by atoms with Gasteiger partial charge in [-0.05, 0) is 54.7 Å². The fraction of sp³-hybridized carbons (Fsp3) is 0.364. The van der Waals surface area contributed by atoms with E-state index in [9.17, 15) is 9.59 Å². The van der Waals surface area contributed by atoms with Crippen LogP contribution in [0.2, 0.25) is 5.02 Å². The van der Waals surface area contributed by atoms with E-state index in [4.69, 9.17) is 21.1 Å². The molecule has 0 heterocycles. The third-order valence-electron chi connectivity index (χ3n) is 4.25. The van der Waals surface area contributed by atoms with Gasteiger partial charge in [-0.3, -0.25) is 20.4 Å². The van der Waals surface area contributed by atoms with Crippen LogP contribution in [0.1, 0.15) is 42.6 Å². The molecule has 7 heteroatoms. The summed E-state index contributed by atoms with van der Waals surface area (Å²) in [5, 5.41) is 0.650. The molecule has 0 aliphatic carbocycles. The average Bonchev–Trinajstić information content (AvgIpc) is 2.71. The van der Waals surface area contributed by atoms with Crippen molar-refractivity contribution in [3.63, 3.8) is 0 Å². The maximum absolute atomic E-state index is 12.3. The summed E-state index contributed by atoms with van der Waals surface area (Å²) in [5.41, 5.74) is 6.19. The Labute approximate surface area is 176 Å². The lowest BCUT2D eigenvalue weighted by molar-refractivity contribution is -0.121. The Morgan fingerprint density at radius 3 is 2.41 bits per heavy atom. The van der Waals surface area contributed by atoms with E-state index in [1.165, 1.54) is 7.11 Å². The van der Waals surface area contributed by atoms with Crippen LogP contribution in [0.4, 0.5) is 0 Å². The van der Waals surface area contributed by atoms with Crippen LogP contribution in [-0.2, 0) is 11.2 Å². The summed E-state index contributed by atoms with van der Waals surface area (Å²) in [5.74, 6) is 0.868. The van der Waals surface area contributed by atoms with Crippen molar-refractivity contribution < 1.29 is 19.1 Å². The first-order valence-electron chi connectivity index (χ1n) is 9.53. The number of benzene rings is 2. The summed E-state index contributed by atoms with van der Waals surface area (Å²) in [6.07, 6.45) is 1.72. The van der Waals surface area contributed by atoms with E-state index in [2.05, 4.69) is 24.7 Å². The molecule has 0 aliphatic rings. The second kappa shape index (κ2) is 11.3. The lowest BCUT2D eigenvalue weighted by Crippen LogP contribution is -2.41. The van der Waals surface area contributed by atoms with Gasteiger partial charge >= 0.3 is 0 Å². The standard InChI is InChI=1S/C22H27ClN2O4/c1-15(2)12-13-29-19-10-7-17(14-20(19)28-3)22(27)25-24-21(26)11-6-16-4-8-18(23)9-5-16/h4-5,7-10,14-15H,6,11-13H2,1-3H3,(H,24,26)(H,25,27). The zero-order valence-electron chi connectivity index (χ0n) is 17.0. The predicted molar refractivity (Wildman–Crippen MR) is 113 cm³/mol. The minimum absolute atomic E-state index is 0.244. The number of hydrogen-bond acceptors (Lipinski definition) is 4. The van der Waals surface area contributed by atoms with E-state index in [-0.39, 0.29) is 12.3 Å². The monoisotopic (exact) mass is 418 g/mol. The molecule has 2 aromatic carbocycles. The molecular formula is C22H27ClN2O4. The fourth-order valence-corrected chi connectivity index (χ4v) is 2.63. The van der Waals surface area contributed by atoms with Crippen LogP contribution in [0.15, 0.2) is 42.5 Å². The molecule has 6 nitrogen and oxygen atoms in total. The molecule has 156 valence electrons. The van der Waals surface area contributed by atoms with Gasteiger partial charge in [-0.2, -0.15) is 0 Å². The largest absolute Gasteiger partial charge is 0.493 e. The molecule has 0 unspecified atom stereocenters. The number of halogens is 1. The Morgan fingerprint density at radius 1 is 1.03 bits per heavy atom. The molecule has 0 aromatic heterocycles. The minimum Gasteiger partial charge on any atom is -0.493 e. The minimum atomic E-state index is -0.433. The van der Waals surface area contributed by atoms with Gasteiger partial charge < -0.3 is 9.47 Å². The van der Waals surface area contributed by atoms with Gasteiger partial charge in [0.15, 0.2) is 11.5 Å². The van der Waals surface area contributed by atoms with Crippen LogP contribution in [0.25, 0.3) is 0 Å². The van der Waals surface area contributed by atoms with Crippen molar-refractivity contribution in [2.24, 2.45) is 5.92 Å². The topological polar surface area (TPSA) is 76.7 Å². The molecule has 0 spiro atoms. The van der Waals surface area contributed by atoms with Crippen LogP contribution in [0, 0.1) is 5.92 Å². The molecule has 0 saturated carbocycles. The number of amides is 2. The highest BCUT2D eigenvalue weighted by Gasteiger charge is 2.12. The van der Waals surface area contributed by atoms with Crippen molar-refractivity contribution >= 4 is 23.4 Å². The zero-order chi connectivity index (χ0) is 21.2. The number of carbonyl (C=O) groups excluding carboxylic acids is 2. The summed E-state index contributed by atoms with van der Waals surface area (Å²) in [4.78, 5) is 24.3. The maximum Gasteiger partial charge on any atom is 0.269 e. The molecule has 0 fully saturated rings. The van der Waals surface area contributed by atoms with Crippen molar-refractivity contribution in [1.82, 2.24) is 10.9 Å². The van der Waals surface area contributed by atoms with Crippen molar-refractivity contribution in [2.45, 2.75) is 33.1 Å². The van der Waals surface area contributed by atoms with Gasteiger partial charge in [0.1, 0.15) is 0 Å². The van der Waals surface area contributed by atoms with Crippen LogP contribution in [-0.4, -0.2) is 25.5 Å². The lowest BCUT2D eigenvalue weighted by atomic mass is 10.1. The van der Waals surface area contributed by atoms with E-state index in [0.717, 1.165) is 12.0 Å². The van der Waals surface area contributed by atoms with Crippen LogP contribution in [0.3, 0.4) is 0 Å². The summed E-state index contributed by atoms with van der Waals surface area (Å²) in [7, 11) is 1.52. The molecule has 0 bridgehead atoms. The highest BCUT2D eigenvalue weighted by atomic mass is 35.5. The fourth-order valence-electron chi connectivity index (χ4n) is 2.50. The summed E-state index contributed by atoms with van der Waals surface area (Å²) in [6.45, 7) is 4.82. The van der Waals surface area contributed by atoms with Gasteiger partial charge in [-0.25, -0.2) is 0 Å². The molecule has 2 amide bonds. The van der Waals surface area contributed by atoms with E-state index in [0.29, 0.717) is 41.0 Å². The van der Waals surface area contributed by atoms with Crippen LogP contribution < -0.4 is 20.3 Å². The molecule has 0 saturated heterocycles. The number of carbonyl (C=O) groups is 2. The van der Waals surface area contributed by atoms with Gasteiger partial charge in [0.05, 0.1) is 13.7 Å². The average molecular weight is 419 g/mol. The van der Waals surface area contributed by atoms with Gasteiger partial charge in [-0.1, -0.05) is 37.6 Å². The normalized spacial score (nSPS) is 10.5. The summed E-state index contributed by atoms with van der Waals surface area (Å²) in [6, 6.07) is 12.2. The quantitative estimate of drug-likeness (QED) is 0.599. The van der Waals surface area contributed by atoms with Crippen molar-refractivity contribution in [3.05, 3.63) is 58.6 Å². The summed E-state index contributed by atoms with van der Waals surface area (Å²) < 4.78 is 11.0. The molecule has 2 rings (SSSR count). The number of hydrogen-bond donors (Lipinski definition) is 2. The number of rotatable bonds is 9. The van der Waals surface area contributed by atoms with Crippen molar-refractivity contribution in [1.29, 1.82) is 0 Å². The SMILES string of the molecule is COc1cc(C(=O)NNC(=O)CCc2ccc(Cl)cc2)ccc1OCCC(C)C. The first kappa shape index (κ1) is 22.6. The van der Waals surface area contributed by atoms with Crippen molar-refractivity contribution in [3.8, 4) is 11.5 Å². The van der Waals surface area contributed by atoms with Gasteiger partial charge in [0, 0.05) is 17.0 Å². The van der Waals surface area contributed by atoms with E-state index >= 15 is 0 Å². The highest BCUT2D eigenvalue weighted by molar-refractivity contribution is 6.30. The maximum atomic E-state index is 12.3. The molecule has 2 N–H and O–H groups in total. The number of hydrazine groups is 1. The van der Waals surface area contributed by atoms with E-state index in [1.807, 2.05) is 12.1 Å². The molecule has 2 aromatic rings.